The predicted molar refractivity (Wildman–Crippen MR) is 66.9 cm³/mol. The second-order valence-electron chi connectivity index (χ2n) is 4.11. The van der Waals surface area contributed by atoms with E-state index in [1.807, 2.05) is 0 Å². The zero-order valence-electron chi connectivity index (χ0n) is 10.1. The Hall–Kier alpha value is -1.81. The summed E-state index contributed by atoms with van der Waals surface area (Å²) in [6.07, 6.45) is -0.690. The van der Waals surface area contributed by atoms with Crippen molar-refractivity contribution in [1.29, 1.82) is 0 Å². The molecular formula is C10H16N6O3. The highest BCUT2D eigenvalue weighted by Crippen LogP contribution is 2.12. The molecular weight excluding hydrogens is 252 g/mol. The van der Waals surface area contributed by atoms with Crippen LogP contribution < -0.4 is 11.1 Å². The first-order valence-corrected chi connectivity index (χ1v) is 5.75. The molecule has 0 bridgehead atoms. The third-order valence-corrected chi connectivity index (χ3v) is 2.67. The fourth-order valence-electron chi connectivity index (χ4n) is 1.60. The third kappa shape index (κ3) is 3.15. The van der Waals surface area contributed by atoms with Gasteiger partial charge in [0, 0.05) is 13.1 Å². The first-order valence-electron chi connectivity index (χ1n) is 5.75. The largest absolute Gasteiger partial charge is 0.394 e. The molecule has 19 heavy (non-hydrogen) atoms. The van der Waals surface area contributed by atoms with Crippen molar-refractivity contribution < 1.29 is 15.3 Å². The lowest BCUT2D eigenvalue weighted by Gasteiger charge is -2.15. The number of hydrogen-bond donors (Lipinski definition) is 6. The average molecular weight is 268 g/mol. The van der Waals surface area contributed by atoms with E-state index in [1.165, 1.54) is 6.20 Å². The van der Waals surface area contributed by atoms with Crippen LogP contribution >= 0.6 is 0 Å². The van der Waals surface area contributed by atoms with Gasteiger partial charge in [-0.05, 0) is 0 Å². The predicted octanol–water partition coefficient (Wildman–Crippen LogP) is -2.26. The van der Waals surface area contributed by atoms with Crippen molar-refractivity contribution in [3.05, 3.63) is 11.9 Å². The molecule has 0 spiro atoms. The van der Waals surface area contributed by atoms with Crippen molar-refractivity contribution in [1.82, 2.24) is 25.5 Å². The summed E-state index contributed by atoms with van der Waals surface area (Å²) in [6.45, 7) is 0.00452. The molecule has 2 heterocycles. The van der Waals surface area contributed by atoms with Gasteiger partial charge in [-0.25, -0.2) is 9.97 Å². The zero-order chi connectivity index (χ0) is 13.8. The average Bonchev–Trinajstić information content (AvgIpc) is 2.80. The topological polar surface area (TPSA) is 153 Å². The number of hydrogen-bond acceptors (Lipinski definition) is 8. The van der Waals surface area contributed by atoms with Crippen LogP contribution in [0, 0.1) is 0 Å². The molecule has 0 unspecified atom stereocenters. The number of fused-ring (bicyclic) bond motifs is 1. The van der Waals surface area contributed by atoms with Crippen molar-refractivity contribution in [2.24, 2.45) is 0 Å². The van der Waals surface area contributed by atoms with Crippen molar-refractivity contribution in [3.8, 4) is 0 Å². The van der Waals surface area contributed by atoms with Gasteiger partial charge < -0.3 is 26.4 Å². The summed E-state index contributed by atoms with van der Waals surface area (Å²) >= 11 is 0. The Balaban J connectivity index is 1.96. The van der Waals surface area contributed by atoms with Crippen molar-refractivity contribution in [2.75, 3.05) is 18.9 Å². The Morgan fingerprint density at radius 1 is 1.37 bits per heavy atom. The lowest BCUT2D eigenvalue weighted by molar-refractivity contribution is -0.0130. The Morgan fingerprint density at radius 3 is 2.89 bits per heavy atom. The number of aromatic amines is 1. The van der Waals surface area contributed by atoms with Crippen LogP contribution in [-0.2, 0) is 6.54 Å². The fraction of sp³-hybridized carbons (Fsp3) is 0.500. The molecule has 9 nitrogen and oxygen atoms in total. The second-order valence-corrected chi connectivity index (χ2v) is 4.11. The normalized spacial score (nSPS) is 14.7. The molecule has 0 fully saturated rings. The van der Waals surface area contributed by atoms with Crippen molar-refractivity contribution in [2.45, 2.75) is 18.8 Å². The Labute approximate surface area is 108 Å². The number of nitrogen functional groups attached to an aromatic ring is 1. The first kappa shape index (κ1) is 13.6. The molecule has 0 aliphatic carbocycles. The maximum absolute atomic E-state index is 9.46. The highest BCUT2D eigenvalue weighted by atomic mass is 16.4. The van der Waals surface area contributed by atoms with E-state index in [0.717, 1.165) is 0 Å². The van der Waals surface area contributed by atoms with Crippen LogP contribution in [0.3, 0.4) is 0 Å². The van der Waals surface area contributed by atoms with Crippen LogP contribution in [-0.4, -0.2) is 60.8 Å². The summed E-state index contributed by atoms with van der Waals surface area (Å²) in [6, 6.07) is 0. The molecule has 2 aromatic rings. The molecule has 0 radical (unpaired) electrons. The summed E-state index contributed by atoms with van der Waals surface area (Å²) in [7, 11) is 0. The number of anilines is 1. The summed E-state index contributed by atoms with van der Waals surface area (Å²) in [5.74, 6) is 0.158. The molecule has 104 valence electrons. The molecule has 2 atom stereocenters. The molecule has 2 aromatic heterocycles. The number of nitrogens with two attached hydrogens (primary N) is 1. The van der Waals surface area contributed by atoms with Crippen LogP contribution in [0.4, 0.5) is 5.95 Å². The first-order chi connectivity index (χ1) is 9.11. The summed E-state index contributed by atoms with van der Waals surface area (Å²) in [5, 5.41) is 37.1. The van der Waals surface area contributed by atoms with Crippen LogP contribution in [0.15, 0.2) is 6.20 Å². The molecule has 2 rings (SSSR count). The van der Waals surface area contributed by atoms with E-state index in [2.05, 4.69) is 25.5 Å². The minimum Gasteiger partial charge on any atom is -0.394 e. The lowest BCUT2D eigenvalue weighted by atomic mass is 10.2. The van der Waals surface area contributed by atoms with Gasteiger partial charge in [-0.2, -0.15) is 5.10 Å². The Kier molecular flexibility index (Phi) is 4.22. The van der Waals surface area contributed by atoms with Crippen LogP contribution in [0.25, 0.3) is 11.0 Å². The highest BCUT2D eigenvalue weighted by Gasteiger charge is 2.15. The molecule has 9 heteroatoms. The van der Waals surface area contributed by atoms with Gasteiger partial charge in [-0.15, -0.1) is 0 Å². The van der Waals surface area contributed by atoms with E-state index in [-0.39, 0.29) is 12.5 Å². The lowest BCUT2D eigenvalue weighted by Crippen LogP contribution is -2.38. The van der Waals surface area contributed by atoms with E-state index < -0.39 is 18.8 Å². The fourth-order valence-corrected chi connectivity index (χ4v) is 1.60. The van der Waals surface area contributed by atoms with Crippen LogP contribution in [0.5, 0.6) is 0 Å². The van der Waals surface area contributed by atoms with Gasteiger partial charge in [-0.1, -0.05) is 0 Å². The van der Waals surface area contributed by atoms with E-state index >= 15 is 0 Å². The summed E-state index contributed by atoms with van der Waals surface area (Å²) in [5.41, 5.74) is 7.41. The van der Waals surface area contributed by atoms with Gasteiger partial charge in [0.1, 0.15) is 17.1 Å². The van der Waals surface area contributed by atoms with E-state index in [4.69, 9.17) is 10.8 Å². The van der Waals surface area contributed by atoms with E-state index in [9.17, 15) is 10.2 Å². The molecule has 0 aliphatic rings. The number of aliphatic hydroxyl groups is 3. The minimum atomic E-state index is -1.16. The molecule has 0 amide bonds. The Morgan fingerprint density at radius 2 is 2.16 bits per heavy atom. The van der Waals surface area contributed by atoms with Crippen LogP contribution in [0.1, 0.15) is 5.69 Å². The molecule has 7 N–H and O–H groups in total. The van der Waals surface area contributed by atoms with E-state index in [0.29, 0.717) is 23.3 Å². The number of nitrogens with one attached hydrogen (secondary N) is 2. The molecule has 0 aliphatic heterocycles. The monoisotopic (exact) mass is 268 g/mol. The smallest absolute Gasteiger partial charge is 0.220 e. The zero-order valence-corrected chi connectivity index (χ0v) is 10.1. The molecule has 0 saturated heterocycles. The van der Waals surface area contributed by atoms with Crippen LogP contribution in [0.2, 0.25) is 0 Å². The third-order valence-electron chi connectivity index (χ3n) is 2.67. The van der Waals surface area contributed by atoms with Gasteiger partial charge in [0.15, 0.2) is 0 Å². The minimum absolute atomic E-state index is 0.128. The van der Waals surface area contributed by atoms with Gasteiger partial charge in [-0.3, -0.25) is 5.10 Å². The number of rotatable bonds is 6. The standard InChI is InChI=1S/C10H16N6O3/c11-10-13-2-6-9(14-10)5(15-16-6)1-12-3-7(18)8(19)4-17/h2,7-8,12,17-19H,1,3-4H2,(H,15,16)(H2,11,13,14)/t7-,8-/m0/s1. The SMILES string of the molecule is Nc1ncc2n[nH]c(CNC[C@H](O)[C@@H](O)CO)c2n1. The highest BCUT2D eigenvalue weighted by molar-refractivity contribution is 5.76. The van der Waals surface area contributed by atoms with Crippen molar-refractivity contribution >= 4 is 17.0 Å². The quantitative estimate of drug-likeness (QED) is 0.343. The molecule has 0 saturated carbocycles. The second kappa shape index (κ2) is 5.89. The van der Waals surface area contributed by atoms with Gasteiger partial charge in [0.05, 0.1) is 24.6 Å². The van der Waals surface area contributed by atoms with E-state index in [1.54, 1.807) is 0 Å². The summed E-state index contributed by atoms with van der Waals surface area (Å²) < 4.78 is 0. The summed E-state index contributed by atoms with van der Waals surface area (Å²) in [4.78, 5) is 7.89. The number of aromatic nitrogens is 4. The maximum atomic E-state index is 9.46. The Bertz CT molecular complexity index is 545. The maximum Gasteiger partial charge on any atom is 0.220 e. The molecule has 0 aromatic carbocycles. The number of aliphatic hydroxyl groups excluding tert-OH is 3. The number of H-pyrrole nitrogens is 1. The van der Waals surface area contributed by atoms with Gasteiger partial charge in [0.25, 0.3) is 0 Å². The number of nitrogens with zero attached hydrogens (tertiary/aromatic N) is 3. The van der Waals surface area contributed by atoms with Gasteiger partial charge >= 0.3 is 0 Å². The van der Waals surface area contributed by atoms with Gasteiger partial charge in [0.2, 0.25) is 5.95 Å². The van der Waals surface area contributed by atoms with Crippen molar-refractivity contribution in [3.63, 3.8) is 0 Å².